The van der Waals surface area contributed by atoms with Crippen LogP contribution in [0.15, 0.2) is 35.4 Å². The monoisotopic (exact) mass is 188 g/mol. The van der Waals surface area contributed by atoms with E-state index in [2.05, 4.69) is 15.3 Å². The molecule has 2 atom stereocenters. The second-order valence-corrected chi connectivity index (χ2v) is 3.05. The summed E-state index contributed by atoms with van der Waals surface area (Å²) in [5.74, 6) is -0.211. The first-order valence-corrected chi connectivity index (χ1v) is 4.22. The van der Waals surface area contributed by atoms with Crippen LogP contribution in [0.4, 0.5) is 0 Å². The van der Waals surface area contributed by atoms with Crippen molar-refractivity contribution in [2.75, 3.05) is 0 Å². The molecular weight excluding hydrogens is 180 g/mol. The highest BCUT2D eigenvalue weighted by atomic mass is 16.2. The van der Waals surface area contributed by atoms with Gasteiger partial charge in [0, 0.05) is 4.91 Å². The number of azide groups is 1. The molecule has 1 aromatic rings. The first-order valence-electron chi connectivity index (χ1n) is 4.22. The van der Waals surface area contributed by atoms with E-state index in [1.807, 2.05) is 30.3 Å². The number of hydrogen-bond donors (Lipinski definition) is 1. The largest absolute Gasteiger partial charge is 0.348 e. The van der Waals surface area contributed by atoms with E-state index in [-0.39, 0.29) is 11.9 Å². The second-order valence-electron chi connectivity index (χ2n) is 3.05. The number of carbonyl (C=O) groups excluding carboxylic acids is 1. The zero-order valence-electron chi connectivity index (χ0n) is 7.29. The summed E-state index contributed by atoms with van der Waals surface area (Å²) in [7, 11) is 0. The third-order valence-electron chi connectivity index (χ3n) is 2.22. The molecule has 5 nitrogen and oxygen atoms in total. The molecular formula is C9H8N4O. The summed E-state index contributed by atoms with van der Waals surface area (Å²) in [6.45, 7) is 0. The summed E-state index contributed by atoms with van der Waals surface area (Å²) < 4.78 is 0. The Kier molecular flexibility index (Phi) is 2.08. The lowest BCUT2D eigenvalue weighted by atomic mass is 9.92. The fraction of sp³-hybridized carbons (Fsp3) is 0.222. The van der Waals surface area contributed by atoms with Crippen LogP contribution >= 0.6 is 0 Å². The predicted octanol–water partition coefficient (Wildman–Crippen LogP) is 1.54. The summed E-state index contributed by atoms with van der Waals surface area (Å²) in [6.07, 6.45) is 0. The maximum Gasteiger partial charge on any atom is 0.231 e. The lowest BCUT2D eigenvalue weighted by molar-refractivity contribution is -0.130. The third kappa shape index (κ3) is 1.30. The highest BCUT2D eigenvalue weighted by Crippen LogP contribution is 2.26. The fourth-order valence-corrected chi connectivity index (χ4v) is 1.47. The molecule has 5 heteroatoms. The Morgan fingerprint density at radius 2 is 2.07 bits per heavy atom. The van der Waals surface area contributed by atoms with Crippen molar-refractivity contribution in [1.29, 1.82) is 0 Å². The standard InChI is InChI=1S/C9H8N4O/c10-13-12-8-7(11-9(8)14)6-4-2-1-3-5-6/h1-5,7-8H,(H,11,14)/t7-,8+/m0/s1. The minimum atomic E-state index is -0.595. The van der Waals surface area contributed by atoms with Crippen molar-refractivity contribution >= 4 is 5.91 Å². The van der Waals surface area contributed by atoms with Gasteiger partial charge in [-0.1, -0.05) is 35.4 Å². The van der Waals surface area contributed by atoms with E-state index in [1.54, 1.807) is 0 Å². The first kappa shape index (κ1) is 8.59. The van der Waals surface area contributed by atoms with Crippen molar-refractivity contribution in [3.8, 4) is 0 Å². The van der Waals surface area contributed by atoms with Gasteiger partial charge in [-0.05, 0) is 11.1 Å². The number of carbonyl (C=O) groups is 1. The molecule has 1 aliphatic heterocycles. The second kappa shape index (κ2) is 3.40. The predicted molar refractivity (Wildman–Crippen MR) is 50.3 cm³/mol. The van der Waals surface area contributed by atoms with Crippen molar-refractivity contribution < 1.29 is 4.79 Å². The zero-order valence-corrected chi connectivity index (χ0v) is 7.29. The molecule has 1 heterocycles. The average molecular weight is 188 g/mol. The Bertz CT molecular complexity index is 395. The lowest BCUT2D eigenvalue weighted by Gasteiger charge is -2.33. The highest BCUT2D eigenvalue weighted by Gasteiger charge is 2.39. The van der Waals surface area contributed by atoms with E-state index in [1.165, 1.54) is 0 Å². The maximum atomic E-state index is 11.0. The minimum Gasteiger partial charge on any atom is -0.348 e. The van der Waals surface area contributed by atoms with Gasteiger partial charge in [-0.3, -0.25) is 4.79 Å². The molecule has 0 saturated carbocycles. The first-order chi connectivity index (χ1) is 6.83. The van der Waals surface area contributed by atoms with E-state index in [0.29, 0.717) is 0 Å². The quantitative estimate of drug-likeness (QED) is 0.325. The van der Waals surface area contributed by atoms with Gasteiger partial charge in [0.25, 0.3) is 0 Å². The Morgan fingerprint density at radius 1 is 1.36 bits per heavy atom. The van der Waals surface area contributed by atoms with Gasteiger partial charge in [-0.15, -0.1) is 0 Å². The summed E-state index contributed by atoms with van der Waals surface area (Å²) in [5, 5.41) is 6.13. The van der Waals surface area contributed by atoms with E-state index in [4.69, 9.17) is 5.53 Å². The number of β-lactam (4-membered cyclic amide) rings is 1. The Morgan fingerprint density at radius 3 is 2.64 bits per heavy atom. The van der Waals surface area contributed by atoms with Crippen molar-refractivity contribution in [3.63, 3.8) is 0 Å². The molecule has 14 heavy (non-hydrogen) atoms. The number of hydrogen-bond acceptors (Lipinski definition) is 2. The summed E-state index contributed by atoms with van der Waals surface area (Å²) in [6, 6.07) is 8.68. The highest BCUT2D eigenvalue weighted by molar-refractivity contribution is 5.89. The Hall–Kier alpha value is -2.00. The van der Waals surface area contributed by atoms with E-state index in [0.717, 1.165) is 5.56 Å². The summed E-state index contributed by atoms with van der Waals surface area (Å²) in [5.41, 5.74) is 9.22. The van der Waals surface area contributed by atoms with E-state index < -0.39 is 6.04 Å². The molecule has 1 saturated heterocycles. The molecule has 0 unspecified atom stereocenters. The lowest BCUT2D eigenvalue weighted by Crippen LogP contribution is -2.54. The summed E-state index contributed by atoms with van der Waals surface area (Å²) >= 11 is 0. The molecule has 2 rings (SSSR count). The molecule has 1 amide bonds. The van der Waals surface area contributed by atoms with Crippen LogP contribution < -0.4 is 5.32 Å². The molecule has 0 spiro atoms. The fourth-order valence-electron chi connectivity index (χ4n) is 1.47. The van der Waals surface area contributed by atoms with Gasteiger partial charge in [0.15, 0.2) is 0 Å². The smallest absolute Gasteiger partial charge is 0.231 e. The van der Waals surface area contributed by atoms with Crippen LogP contribution in [0.2, 0.25) is 0 Å². The zero-order chi connectivity index (χ0) is 9.97. The van der Waals surface area contributed by atoms with Crippen molar-refractivity contribution in [2.45, 2.75) is 12.1 Å². The van der Waals surface area contributed by atoms with Crippen molar-refractivity contribution in [2.24, 2.45) is 5.11 Å². The van der Waals surface area contributed by atoms with Crippen LogP contribution in [-0.2, 0) is 4.79 Å². The number of amides is 1. The number of rotatable bonds is 2. The summed E-state index contributed by atoms with van der Waals surface area (Å²) in [4.78, 5) is 13.7. The SMILES string of the molecule is [N-]=[N+]=N[C@H]1C(=O)N[C@H]1c1ccccc1. The van der Waals surface area contributed by atoms with Crippen LogP contribution in [0.25, 0.3) is 10.4 Å². The molecule has 1 aromatic carbocycles. The van der Waals surface area contributed by atoms with Gasteiger partial charge in [0.2, 0.25) is 5.91 Å². The van der Waals surface area contributed by atoms with Crippen molar-refractivity contribution in [1.82, 2.24) is 5.32 Å². The van der Waals surface area contributed by atoms with Crippen LogP contribution in [0.5, 0.6) is 0 Å². The molecule has 0 bridgehead atoms. The van der Waals surface area contributed by atoms with Crippen LogP contribution in [0, 0.1) is 0 Å². The molecule has 0 radical (unpaired) electrons. The normalized spacial score (nSPS) is 24.4. The Balaban J connectivity index is 2.22. The number of benzene rings is 1. The van der Waals surface area contributed by atoms with Crippen LogP contribution in [0.3, 0.4) is 0 Å². The van der Waals surface area contributed by atoms with E-state index in [9.17, 15) is 4.79 Å². The van der Waals surface area contributed by atoms with Crippen LogP contribution in [-0.4, -0.2) is 11.9 Å². The third-order valence-corrected chi connectivity index (χ3v) is 2.22. The van der Waals surface area contributed by atoms with Gasteiger partial charge in [0.1, 0.15) is 6.04 Å². The minimum absolute atomic E-state index is 0.167. The Labute approximate surface area is 80.4 Å². The van der Waals surface area contributed by atoms with Gasteiger partial charge >= 0.3 is 0 Å². The van der Waals surface area contributed by atoms with Gasteiger partial charge in [-0.2, -0.15) is 0 Å². The number of nitrogens with one attached hydrogen (secondary N) is 1. The molecule has 1 N–H and O–H groups in total. The molecule has 1 aliphatic rings. The average Bonchev–Trinajstić information content (AvgIpc) is 2.24. The van der Waals surface area contributed by atoms with E-state index >= 15 is 0 Å². The van der Waals surface area contributed by atoms with Gasteiger partial charge in [0.05, 0.1) is 6.04 Å². The van der Waals surface area contributed by atoms with Crippen LogP contribution in [0.1, 0.15) is 11.6 Å². The van der Waals surface area contributed by atoms with Crippen molar-refractivity contribution in [3.05, 3.63) is 46.3 Å². The van der Waals surface area contributed by atoms with Gasteiger partial charge < -0.3 is 5.32 Å². The molecule has 1 fully saturated rings. The molecule has 0 aliphatic carbocycles. The maximum absolute atomic E-state index is 11.0. The molecule has 0 aromatic heterocycles. The molecule has 70 valence electrons. The van der Waals surface area contributed by atoms with Gasteiger partial charge in [-0.25, -0.2) is 0 Å². The topological polar surface area (TPSA) is 77.9 Å². The number of nitrogens with zero attached hydrogens (tertiary/aromatic N) is 3.